The van der Waals surface area contributed by atoms with Gasteiger partial charge in [0.05, 0.1) is 20.3 Å². The van der Waals surface area contributed by atoms with E-state index in [9.17, 15) is 4.79 Å². The van der Waals surface area contributed by atoms with Crippen LogP contribution < -0.4 is 14.8 Å². The zero-order valence-electron chi connectivity index (χ0n) is 20.0. The van der Waals surface area contributed by atoms with Crippen LogP contribution in [0.2, 0.25) is 0 Å². The van der Waals surface area contributed by atoms with Crippen LogP contribution in [0.25, 0.3) is 6.08 Å². The summed E-state index contributed by atoms with van der Waals surface area (Å²) in [5, 5.41) is 3.70. The minimum Gasteiger partial charge on any atom is -0.493 e. The quantitative estimate of drug-likeness (QED) is 0.575. The summed E-state index contributed by atoms with van der Waals surface area (Å²) in [7, 11) is 3.22. The van der Waals surface area contributed by atoms with Gasteiger partial charge in [0.1, 0.15) is 0 Å². The average Bonchev–Trinajstić information content (AvgIpc) is 3.34. The van der Waals surface area contributed by atoms with Crippen molar-refractivity contribution in [3.63, 3.8) is 0 Å². The Bertz CT molecular complexity index is 962. The van der Waals surface area contributed by atoms with Gasteiger partial charge in [0, 0.05) is 18.2 Å². The van der Waals surface area contributed by atoms with E-state index in [2.05, 4.69) is 35.3 Å². The van der Waals surface area contributed by atoms with Gasteiger partial charge in [-0.3, -0.25) is 4.79 Å². The van der Waals surface area contributed by atoms with Crippen molar-refractivity contribution in [2.75, 3.05) is 27.3 Å². The minimum atomic E-state index is 0.0577. The van der Waals surface area contributed by atoms with Gasteiger partial charge >= 0.3 is 0 Å². The normalized spacial score (nSPS) is 19.6. The SMILES string of the molecule is COc1ccc(C(=O)N(CC(C)=Cc2ccccc2)C(C2CCC2)C2CCCN2)cc1OC. The van der Waals surface area contributed by atoms with Crippen molar-refractivity contribution >= 4 is 12.0 Å². The van der Waals surface area contributed by atoms with Crippen LogP contribution in [0.3, 0.4) is 0 Å². The first-order valence-corrected chi connectivity index (χ1v) is 12.1. The van der Waals surface area contributed by atoms with Crippen LogP contribution in [0, 0.1) is 5.92 Å². The molecule has 0 bridgehead atoms. The summed E-state index contributed by atoms with van der Waals surface area (Å²) < 4.78 is 10.9. The van der Waals surface area contributed by atoms with Crippen LogP contribution in [-0.4, -0.2) is 50.2 Å². The molecule has 33 heavy (non-hydrogen) atoms. The highest BCUT2D eigenvalue weighted by molar-refractivity contribution is 5.95. The number of hydrogen-bond donors (Lipinski definition) is 1. The monoisotopic (exact) mass is 448 g/mol. The number of carbonyl (C=O) groups is 1. The van der Waals surface area contributed by atoms with Gasteiger partial charge in [0.25, 0.3) is 5.91 Å². The molecule has 1 aliphatic heterocycles. The van der Waals surface area contributed by atoms with E-state index in [0.29, 0.717) is 35.6 Å². The smallest absolute Gasteiger partial charge is 0.254 e. The molecule has 5 nitrogen and oxygen atoms in total. The zero-order valence-corrected chi connectivity index (χ0v) is 20.0. The standard InChI is InChI=1S/C28H36N2O3/c1-20(17-21-9-5-4-6-10-21)19-30(27(22-11-7-12-22)24-13-8-16-29-24)28(31)23-14-15-25(32-2)26(18-23)33-3/h4-6,9-10,14-15,17-18,22,24,27,29H,7-8,11-13,16,19H2,1-3H3. The molecule has 2 aromatic carbocycles. The van der Waals surface area contributed by atoms with Crippen molar-refractivity contribution in [3.05, 3.63) is 65.2 Å². The summed E-state index contributed by atoms with van der Waals surface area (Å²) in [6.07, 6.45) is 8.13. The number of methoxy groups -OCH3 is 2. The van der Waals surface area contributed by atoms with Gasteiger partial charge < -0.3 is 19.7 Å². The summed E-state index contributed by atoms with van der Waals surface area (Å²) in [4.78, 5) is 16.1. The third kappa shape index (κ3) is 5.41. The lowest BCUT2D eigenvalue weighted by atomic mass is 9.75. The maximum atomic E-state index is 14.0. The van der Waals surface area contributed by atoms with Crippen LogP contribution >= 0.6 is 0 Å². The predicted molar refractivity (Wildman–Crippen MR) is 133 cm³/mol. The van der Waals surface area contributed by atoms with Crippen molar-refractivity contribution in [1.82, 2.24) is 10.2 Å². The van der Waals surface area contributed by atoms with Crippen LogP contribution in [0.1, 0.15) is 54.9 Å². The molecule has 2 unspecified atom stereocenters. The van der Waals surface area contributed by atoms with Crippen molar-refractivity contribution in [3.8, 4) is 11.5 Å². The van der Waals surface area contributed by atoms with Gasteiger partial charge in [-0.05, 0) is 68.8 Å². The summed E-state index contributed by atoms with van der Waals surface area (Å²) in [6, 6.07) is 16.4. The third-order valence-electron chi connectivity index (χ3n) is 7.03. The van der Waals surface area contributed by atoms with Crippen LogP contribution in [-0.2, 0) is 0 Å². The molecule has 0 radical (unpaired) electrons. The largest absolute Gasteiger partial charge is 0.493 e. The van der Waals surface area contributed by atoms with Gasteiger partial charge in [-0.1, -0.05) is 48.4 Å². The molecule has 1 heterocycles. The van der Waals surface area contributed by atoms with Crippen molar-refractivity contribution < 1.29 is 14.3 Å². The lowest BCUT2D eigenvalue weighted by molar-refractivity contribution is 0.0467. The fourth-order valence-corrected chi connectivity index (χ4v) is 5.18. The minimum absolute atomic E-state index is 0.0577. The number of amides is 1. The van der Waals surface area contributed by atoms with Crippen LogP contribution in [0.4, 0.5) is 0 Å². The van der Waals surface area contributed by atoms with Crippen LogP contribution in [0.15, 0.2) is 54.1 Å². The fraction of sp³-hybridized carbons (Fsp3) is 0.464. The molecule has 2 fully saturated rings. The molecule has 2 aliphatic rings. The number of ether oxygens (including phenoxy) is 2. The third-order valence-corrected chi connectivity index (χ3v) is 7.03. The topological polar surface area (TPSA) is 50.8 Å². The lowest BCUT2D eigenvalue weighted by Gasteiger charge is -2.44. The van der Waals surface area contributed by atoms with E-state index in [1.807, 2.05) is 36.4 Å². The molecule has 1 aliphatic carbocycles. The molecule has 2 aromatic rings. The summed E-state index contributed by atoms with van der Waals surface area (Å²) in [6.45, 7) is 3.77. The molecule has 0 aromatic heterocycles. The number of nitrogens with one attached hydrogen (secondary N) is 1. The number of rotatable bonds is 9. The second-order valence-electron chi connectivity index (χ2n) is 9.29. The molecule has 1 saturated carbocycles. The van der Waals surface area contributed by atoms with Crippen molar-refractivity contribution in [1.29, 1.82) is 0 Å². The molecule has 4 rings (SSSR count). The molecular formula is C28H36N2O3. The highest BCUT2D eigenvalue weighted by Gasteiger charge is 2.40. The number of nitrogens with zero attached hydrogens (tertiary/aromatic N) is 1. The number of carbonyl (C=O) groups excluding carboxylic acids is 1. The summed E-state index contributed by atoms with van der Waals surface area (Å²) in [5.74, 6) is 1.82. The molecule has 0 spiro atoms. The lowest BCUT2D eigenvalue weighted by Crippen LogP contribution is -2.56. The van der Waals surface area contributed by atoms with Gasteiger partial charge in [0.15, 0.2) is 11.5 Å². The van der Waals surface area contributed by atoms with Gasteiger partial charge in [-0.2, -0.15) is 0 Å². The van der Waals surface area contributed by atoms with E-state index < -0.39 is 0 Å². The number of benzene rings is 2. The maximum absolute atomic E-state index is 14.0. The molecule has 176 valence electrons. The van der Waals surface area contributed by atoms with Crippen LogP contribution in [0.5, 0.6) is 11.5 Å². The highest BCUT2D eigenvalue weighted by atomic mass is 16.5. The van der Waals surface area contributed by atoms with Crippen molar-refractivity contribution in [2.24, 2.45) is 5.92 Å². The fourth-order valence-electron chi connectivity index (χ4n) is 5.18. The summed E-state index contributed by atoms with van der Waals surface area (Å²) in [5.41, 5.74) is 2.98. The Morgan fingerprint density at radius 2 is 1.82 bits per heavy atom. The van der Waals surface area contributed by atoms with Gasteiger partial charge in [-0.25, -0.2) is 0 Å². The predicted octanol–water partition coefficient (Wildman–Crippen LogP) is 5.17. The van der Waals surface area contributed by atoms with Gasteiger partial charge in [0.2, 0.25) is 0 Å². The first kappa shape index (κ1) is 23.4. The Kier molecular flexibility index (Phi) is 7.71. The van der Waals surface area contributed by atoms with E-state index >= 15 is 0 Å². The molecule has 1 saturated heterocycles. The molecule has 2 atom stereocenters. The number of hydrogen-bond acceptors (Lipinski definition) is 4. The highest BCUT2D eigenvalue weighted by Crippen LogP contribution is 2.37. The Morgan fingerprint density at radius 1 is 1.06 bits per heavy atom. The second-order valence-corrected chi connectivity index (χ2v) is 9.29. The second kappa shape index (κ2) is 10.9. The Balaban J connectivity index is 1.68. The molecule has 5 heteroatoms. The molecule has 1 amide bonds. The Morgan fingerprint density at radius 3 is 2.42 bits per heavy atom. The first-order valence-electron chi connectivity index (χ1n) is 12.1. The maximum Gasteiger partial charge on any atom is 0.254 e. The molecule has 1 N–H and O–H groups in total. The zero-order chi connectivity index (χ0) is 23.2. The van der Waals surface area contributed by atoms with Gasteiger partial charge in [-0.15, -0.1) is 0 Å². The Labute approximate surface area is 197 Å². The molecular weight excluding hydrogens is 412 g/mol. The summed E-state index contributed by atoms with van der Waals surface area (Å²) >= 11 is 0. The van der Waals surface area contributed by atoms with Crippen molar-refractivity contribution in [2.45, 2.75) is 51.1 Å². The Hall–Kier alpha value is -2.79. The average molecular weight is 449 g/mol. The van der Waals surface area contributed by atoms with E-state index in [-0.39, 0.29) is 11.9 Å². The van der Waals surface area contributed by atoms with E-state index in [1.54, 1.807) is 14.2 Å². The first-order chi connectivity index (χ1) is 16.1. The van der Waals surface area contributed by atoms with E-state index in [4.69, 9.17) is 9.47 Å². The van der Waals surface area contributed by atoms with E-state index in [0.717, 1.165) is 18.5 Å². The van der Waals surface area contributed by atoms with E-state index in [1.165, 1.54) is 31.3 Å².